The van der Waals surface area contributed by atoms with Crippen molar-refractivity contribution < 1.29 is 0 Å². The molecule has 1 aromatic rings. The molecule has 0 unspecified atom stereocenters. The number of hydrogen-bond donors (Lipinski definition) is 1. The van der Waals surface area contributed by atoms with Crippen LogP contribution in [0.2, 0.25) is 0 Å². The van der Waals surface area contributed by atoms with Crippen molar-refractivity contribution in [3.63, 3.8) is 0 Å². The van der Waals surface area contributed by atoms with Crippen molar-refractivity contribution in [3.8, 4) is 0 Å². The van der Waals surface area contributed by atoms with Crippen LogP contribution < -0.4 is 5.32 Å². The third-order valence-corrected chi connectivity index (χ3v) is 1.80. The molecule has 84 valence electrons. The van der Waals surface area contributed by atoms with Gasteiger partial charge in [-0.25, -0.2) is 4.98 Å². The van der Waals surface area contributed by atoms with Gasteiger partial charge in [0.15, 0.2) is 0 Å². The largest absolute Gasteiger partial charge is 0.352 e. The average Bonchev–Trinajstić information content (AvgIpc) is 1.98. The zero-order valence-corrected chi connectivity index (χ0v) is 10.2. The van der Waals surface area contributed by atoms with Gasteiger partial charge in [0.2, 0.25) is 5.95 Å². The van der Waals surface area contributed by atoms with Gasteiger partial charge < -0.3 is 5.32 Å². The molecular formula is C11H20N4. The fraction of sp³-hybridized carbons (Fsp3) is 0.727. The molecule has 4 nitrogen and oxygen atoms in total. The maximum absolute atomic E-state index is 4.38. The summed E-state index contributed by atoms with van der Waals surface area (Å²) >= 11 is 0. The van der Waals surface area contributed by atoms with Crippen LogP contribution in [0.25, 0.3) is 0 Å². The highest BCUT2D eigenvalue weighted by Crippen LogP contribution is 2.07. The van der Waals surface area contributed by atoms with Crippen molar-refractivity contribution in [1.82, 2.24) is 15.0 Å². The minimum atomic E-state index is 0.346. The molecule has 0 saturated carbocycles. The SMILES string of the molecule is Cc1nc(CC(C)C)nc(NC(C)C)n1. The molecule has 0 amide bonds. The Morgan fingerprint density at radius 2 is 1.73 bits per heavy atom. The highest BCUT2D eigenvalue weighted by Gasteiger charge is 2.06. The molecule has 0 bridgehead atoms. The molecule has 0 radical (unpaired) electrons. The summed E-state index contributed by atoms with van der Waals surface area (Å²) in [5, 5.41) is 3.20. The van der Waals surface area contributed by atoms with E-state index in [9.17, 15) is 0 Å². The number of aromatic nitrogens is 3. The molecule has 1 N–H and O–H groups in total. The standard InChI is InChI=1S/C11H20N4/c1-7(2)6-10-13-9(5)14-11(15-10)12-8(3)4/h7-8H,6H2,1-5H3,(H,12,13,14,15). The summed E-state index contributed by atoms with van der Waals surface area (Å²) < 4.78 is 0. The van der Waals surface area contributed by atoms with Crippen LogP contribution in [0.5, 0.6) is 0 Å². The normalized spacial score (nSPS) is 11.1. The zero-order valence-electron chi connectivity index (χ0n) is 10.2. The lowest BCUT2D eigenvalue weighted by Gasteiger charge is -2.10. The van der Waals surface area contributed by atoms with Gasteiger partial charge in [-0.1, -0.05) is 13.8 Å². The smallest absolute Gasteiger partial charge is 0.226 e. The Balaban J connectivity index is 2.84. The van der Waals surface area contributed by atoms with E-state index in [0.29, 0.717) is 17.9 Å². The molecular weight excluding hydrogens is 188 g/mol. The van der Waals surface area contributed by atoms with E-state index in [4.69, 9.17) is 0 Å². The van der Waals surface area contributed by atoms with Crippen LogP contribution >= 0.6 is 0 Å². The van der Waals surface area contributed by atoms with Crippen LogP contribution in [-0.2, 0) is 6.42 Å². The van der Waals surface area contributed by atoms with Crippen molar-refractivity contribution >= 4 is 5.95 Å². The number of aryl methyl sites for hydroxylation is 1. The first-order chi connectivity index (χ1) is 6.97. The lowest BCUT2D eigenvalue weighted by molar-refractivity contribution is 0.615. The lowest BCUT2D eigenvalue weighted by Crippen LogP contribution is -2.15. The number of rotatable bonds is 4. The Morgan fingerprint density at radius 1 is 1.07 bits per heavy atom. The highest BCUT2D eigenvalue weighted by molar-refractivity contribution is 5.25. The van der Waals surface area contributed by atoms with Crippen molar-refractivity contribution in [2.24, 2.45) is 5.92 Å². The third-order valence-electron chi connectivity index (χ3n) is 1.80. The summed E-state index contributed by atoms with van der Waals surface area (Å²) in [5.41, 5.74) is 0. The van der Waals surface area contributed by atoms with E-state index in [1.807, 2.05) is 6.92 Å². The molecule has 1 heterocycles. The molecule has 0 aliphatic carbocycles. The van der Waals surface area contributed by atoms with E-state index >= 15 is 0 Å². The lowest BCUT2D eigenvalue weighted by atomic mass is 10.1. The second-order valence-corrected chi connectivity index (χ2v) is 4.52. The van der Waals surface area contributed by atoms with Crippen LogP contribution in [0.3, 0.4) is 0 Å². The maximum atomic E-state index is 4.38. The highest BCUT2D eigenvalue weighted by atomic mass is 15.2. The van der Waals surface area contributed by atoms with Gasteiger partial charge in [0.1, 0.15) is 11.6 Å². The monoisotopic (exact) mass is 208 g/mol. The van der Waals surface area contributed by atoms with E-state index in [0.717, 1.165) is 18.1 Å². The van der Waals surface area contributed by atoms with Crippen LogP contribution in [0.15, 0.2) is 0 Å². The summed E-state index contributed by atoms with van der Waals surface area (Å²) in [5.74, 6) is 2.91. The van der Waals surface area contributed by atoms with Gasteiger partial charge in [-0.05, 0) is 26.7 Å². The van der Waals surface area contributed by atoms with Gasteiger partial charge in [0.25, 0.3) is 0 Å². The minimum Gasteiger partial charge on any atom is -0.352 e. The van der Waals surface area contributed by atoms with Gasteiger partial charge in [0, 0.05) is 12.5 Å². The first kappa shape index (κ1) is 11.9. The molecule has 0 atom stereocenters. The van der Waals surface area contributed by atoms with Crippen molar-refractivity contribution in [1.29, 1.82) is 0 Å². The van der Waals surface area contributed by atoms with Crippen LogP contribution in [0.4, 0.5) is 5.95 Å². The van der Waals surface area contributed by atoms with Gasteiger partial charge >= 0.3 is 0 Å². The Kier molecular flexibility index (Phi) is 4.00. The average molecular weight is 208 g/mol. The minimum absolute atomic E-state index is 0.346. The molecule has 1 aromatic heterocycles. The number of hydrogen-bond acceptors (Lipinski definition) is 4. The van der Waals surface area contributed by atoms with E-state index < -0.39 is 0 Å². The molecule has 0 saturated heterocycles. The van der Waals surface area contributed by atoms with Crippen molar-refractivity contribution in [2.45, 2.75) is 47.1 Å². The summed E-state index contributed by atoms with van der Waals surface area (Å²) in [7, 11) is 0. The van der Waals surface area contributed by atoms with Gasteiger partial charge in [-0.3, -0.25) is 0 Å². The molecule has 0 fully saturated rings. The molecule has 0 aromatic carbocycles. The number of anilines is 1. The second-order valence-electron chi connectivity index (χ2n) is 4.52. The fourth-order valence-electron chi connectivity index (χ4n) is 1.32. The molecule has 0 aliphatic heterocycles. The zero-order chi connectivity index (χ0) is 11.4. The van der Waals surface area contributed by atoms with Crippen LogP contribution in [0, 0.1) is 12.8 Å². The Bertz CT molecular complexity index is 292. The molecule has 0 spiro atoms. The first-order valence-electron chi connectivity index (χ1n) is 5.45. The molecule has 0 aliphatic rings. The summed E-state index contributed by atoms with van der Waals surface area (Å²) in [4.78, 5) is 12.9. The van der Waals surface area contributed by atoms with E-state index in [1.54, 1.807) is 0 Å². The van der Waals surface area contributed by atoms with Gasteiger partial charge in [-0.2, -0.15) is 9.97 Å². The van der Waals surface area contributed by atoms with E-state index in [2.05, 4.69) is 48.0 Å². The molecule has 1 rings (SSSR count). The van der Waals surface area contributed by atoms with E-state index in [1.165, 1.54) is 0 Å². The Morgan fingerprint density at radius 3 is 2.27 bits per heavy atom. The Hall–Kier alpha value is -1.19. The van der Waals surface area contributed by atoms with Crippen LogP contribution in [0.1, 0.15) is 39.3 Å². The summed E-state index contributed by atoms with van der Waals surface area (Å²) in [6.07, 6.45) is 0.899. The Labute approximate surface area is 91.6 Å². The van der Waals surface area contributed by atoms with E-state index in [-0.39, 0.29) is 0 Å². The summed E-state index contributed by atoms with van der Waals surface area (Å²) in [6, 6.07) is 0.346. The molecule has 15 heavy (non-hydrogen) atoms. The number of nitrogens with one attached hydrogen (secondary N) is 1. The van der Waals surface area contributed by atoms with Gasteiger partial charge in [0.05, 0.1) is 0 Å². The molecule has 4 heteroatoms. The third kappa shape index (κ3) is 4.23. The van der Waals surface area contributed by atoms with Gasteiger partial charge in [-0.15, -0.1) is 0 Å². The first-order valence-corrected chi connectivity index (χ1v) is 5.45. The summed E-state index contributed by atoms with van der Waals surface area (Å²) in [6.45, 7) is 10.4. The number of nitrogens with zero attached hydrogens (tertiary/aromatic N) is 3. The van der Waals surface area contributed by atoms with Crippen molar-refractivity contribution in [2.75, 3.05) is 5.32 Å². The second kappa shape index (κ2) is 5.05. The van der Waals surface area contributed by atoms with Crippen LogP contribution in [-0.4, -0.2) is 21.0 Å². The predicted molar refractivity (Wildman–Crippen MR) is 61.9 cm³/mol. The quantitative estimate of drug-likeness (QED) is 0.824. The maximum Gasteiger partial charge on any atom is 0.226 e. The topological polar surface area (TPSA) is 50.7 Å². The van der Waals surface area contributed by atoms with Crippen molar-refractivity contribution in [3.05, 3.63) is 11.6 Å². The fourth-order valence-corrected chi connectivity index (χ4v) is 1.32. The predicted octanol–water partition coefficient (Wildman–Crippen LogP) is 2.20.